The van der Waals surface area contributed by atoms with Gasteiger partial charge in [-0.15, -0.1) is 0 Å². The molecule has 4 N–H and O–H groups in total. The van der Waals surface area contributed by atoms with Gasteiger partial charge in [0.25, 0.3) is 21.5 Å². The number of hydrogen-bond donors (Lipinski definition) is 3. The molecule has 2 heterocycles. The molecular weight excluding hydrogens is 707 g/mol. The van der Waals surface area contributed by atoms with E-state index in [-0.39, 0.29) is 48.0 Å². The van der Waals surface area contributed by atoms with E-state index in [1.54, 1.807) is 46.9 Å². The number of nitrogens with two attached hydrogens (primary N) is 1. The molecule has 0 aliphatic carbocycles. The van der Waals surface area contributed by atoms with Gasteiger partial charge in [-0.05, 0) is 132 Å². The van der Waals surface area contributed by atoms with Gasteiger partial charge in [0.1, 0.15) is 28.6 Å². The first kappa shape index (κ1) is 40.0. The molecule has 1 aliphatic rings. The van der Waals surface area contributed by atoms with Crippen LogP contribution in [0, 0.1) is 20.8 Å². The lowest BCUT2D eigenvalue weighted by Crippen LogP contribution is -2.46. The summed E-state index contributed by atoms with van der Waals surface area (Å²) in [7, 11) is -4.10. The Hall–Kier alpha value is -5.17. The largest absolute Gasteiger partial charge is 0.487 e. The van der Waals surface area contributed by atoms with Gasteiger partial charge in [0, 0.05) is 12.7 Å². The average Bonchev–Trinajstić information content (AvgIpc) is 3.08. The molecule has 0 unspecified atom stereocenters. The van der Waals surface area contributed by atoms with Crippen LogP contribution in [0.2, 0.25) is 0 Å². The molecule has 1 atom stereocenters. The SMILES string of the molecule is Cc1c(C)c(S(=O)(=O)NC(N)=NCCC[C@H](NC(=O)c2cccn(Cc3cccc4ccccc34)c2=O)C(=O)OC(C)(C)C)c(C)c2c1OC(C)(C)CC2. The molecule has 5 rings (SSSR count). The van der Waals surface area contributed by atoms with Crippen LogP contribution >= 0.6 is 0 Å². The number of fused-ring (bicyclic) bond motifs is 2. The van der Waals surface area contributed by atoms with Gasteiger partial charge in [-0.3, -0.25) is 14.6 Å². The first-order valence-corrected chi connectivity index (χ1v) is 19.6. The predicted octanol–water partition coefficient (Wildman–Crippen LogP) is 5.59. The van der Waals surface area contributed by atoms with E-state index in [9.17, 15) is 22.8 Å². The number of hydrogen-bond acceptors (Lipinski definition) is 8. The minimum atomic E-state index is -4.10. The zero-order valence-corrected chi connectivity index (χ0v) is 33.1. The minimum absolute atomic E-state index is 0.0385. The molecule has 54 heavy (non-hydrogen) atoms. The quantitative estimate of drug-likeness (QED) is 0.0769. The lowest BCUT2D eigenvalue weighted by Gasteiger charge is -2.35. The van der Waals surface area contributed by atoms with E-state index in [1.165, 1.54) is 10.6 Å². The second kappa shape index (κ2) is 15.7. The molecule has 1 aliphatic heterocycles. The van der Waals surface area contributed by atoms with Gasteiger partial charge in [-0.2, -0.15) is 0 Å². The van der Waals surface area contributed by atoms with E-state index < -0.39 is 39.1 Å². The van der Waals surface area contributed by atoms with Gasteiger partial charge in [-0.1, -0.05) is 42.5 Å². The zero-order chi connectivity index (χ0) is 39.6. The topological polar surface area (TPSA) is 171 Å². The summed E-state index contributed by atoms with van der Waals surface area (Å²) in [6.45, 7) is 14.8. The molecular formula is C41H51N5O7S. The Morgan fingerprint density at radius 3 is 2.44 bits per heavy atom. The third-order valence-electron chi connectivity index (χ3n) is 9.59. The van der Waals surface area contributed by atoms with Crippen molar-refractivity contribution in [1.82, 2.24) is 14.6 Å². The van der Waals surface area contributed by atoms with Crippen LogP contribution in [-0.4, -0.2) is 54.6 Å². The number of guanidine groups is 1. The molecule has 0 saturated heterocycles. The third kappa shape index (κ3) is 9.12. The minimum Gasteiger partial charge on any atom is -0.487 e. The van der Waals surface area contributed by atoms with Crippen LogP contribution in [0.15, 0.2) is 75.5 Å². The zero-order valence-electron chi connectivity index (χ0n) is 32.3. The van der Waals surface area contributed by atoms with Gasteiger partial charge in [0.05, 0.1) is 11.4 Å². The Balaban J connectivity index is 1.28. The van der Waals surface area contributed by atoms with Gasteiger partial charge in [0.15, 0.2) is 0 Å². The normalized spacial score (nSPS) is 14.9. The van der Waals surface area contributed by atoms with Crippen molar-refractivity contribution in [3.8, 4) is 5.75 Å². The van der Waals surface area contributed by atoms with Crippen LogP contribution < -0.4 is 26.1 Å². The van der Waals surface area contributed by atoms with Gasteiger partial charge in [0.2, 0.25) is 5.96 Å². The Bertz CT molecular complexity index is 2280. The Morgan fingerprint density at radius 1 is 1.02 bits per heavy atom. The van der Waals surface area contributed by atoms with Crippen LogP contribution in [0.25, 0.3) is 10.8 Å². The summed E-state index contributed by atoms with van der Waals surface area (Å²) in [5.74, 6) is -0.983. The number of carbonyl (C=O) groups is 2. The Labute approximate surface area is 317 Å². The maximum atomic E-state index is 13.6. The van der Waals surface area contributed by atoms with Crippen LogP contribution in [0.5, 0.6) is 5.75 Å². The highest BCUT2D eigenvalue weighted by Crippen LogP contribution is 2.42. The summed E-state index contributed by atoms with van der Waals surface area (Å²) < 4.78 is 43.0. The smallest absolute Gasteiger partial charge is 0.329 e. The van der Waals surface area contributed by atoms with Crippen molar-refractivity contribution >= 4 is 38.6 Å². The maximum absolute atomic E-state index is 13.6. The van der Waals surface area contributed by atoms with E-state index in [4.69, 9.17) is 15.2 Å². The molecule has 1 aromatic heterocycles. The standard InChI is InChI=1S/C41H51N5O7S/c1-25-26(2)35(27(3)30-20-21-41(7,8)52-34(25)30)54(50,51)45-39(42)43-22-12-19-33(38(49)53-40(4,5)6)44-36(47)32-18-13-23-46(37(32)48)24-29-16-11-15-28-14-9-10-17-31(28)29/h9-11,13-18,23,33H,12,19-22,24H2,1-8H3,(H,44,47)(H3,42,43,45)/t33-/m0/s1. The van der Waals surface area contributed by atoms with Crippen molar-refractivity contribution in [2.45, 2.75) is 110 Å². The number of nitrogens with zero attached hydrogens (tertiary/aromatic N) is 2. The van der Waals surface area contributed by atoms with Gasteiger partial charge < -0.3 is 25.1 Å². The van der Waals surface area contributed by atoms with Gasteiger partial charge in [-0.25, -0.2) is 17.9 Å². The molecule has 1 amide bonds. The fourth-order valence-electron chi connectivity index (χ4n) is 6.77. The van der Waals surface area contributed by atoms with E-state index in [0.29, 0.717) is 17.5 Å². The molecule has 4 aromatic rings. The maximum Gasteiger partial charge on any atom is 0.329 e. The molecule has 288 valence electrons. The fraction of sp³-hybridized carbons (Fsp3) is 0.415. The number of aromatic nitrogens is 1. The highest BCUT2D eigenvalue weighted by atomic mass is 32.2. The molecule has 0 fully saturated rings. The summed E-state index contributed by atoms with van der Waals surface area (Å²) in [5, 5.41) is 4.72. The third-order valence-corrected chi connectivity index (χ3v) is 11.2. The number of aliphatic imine (C=N–C) groups is 1. The van der Waals surface area contributed by atoms with Crippen molar-refractivity contribution in [3.63, 3.8) is 0 Å². The second-order valence-corrected chi connectivity index (χ2v) is 17.1. The van der Waals surface area contributed by atoms with Crippen LogP contribution in [0.3, 0.4) is 0 Å². The highest BCUT2D eigenvalue weighted by molar-refractivity contribution is 7.90. The number of carbonyl (C=O) groups excluding carboxylic acids is 2. The molecule has 13 heteroatoms. The lowest BCUT2D eigenvalue weighted by atomic mass is 9.88. The molecule has 0 bridgehead atoms. The fourth-order valence-corrected chi connectivity index (χ4v) is 8.30. The number of nitrogens with one attached hydrogen (secondary N) is 2. The predicted molar refractivity (Wildman–Crippen MR) is 211 cm³/mol. The van der Waals surface area contributed by atoms with E-state index in [0.717, 1.165) is 39.6 Å². The number of ether oxygens (including phenoxy) is 2. The summed E-state index contributed by atoms with van der Waals surface area (Å²) in [6.07, 6.45) is 3.37. The first-order valence-electron chi connectivity index (χ1n) is 18.1. The number of amides is 1. The van der Waals surface area contributed by atoms with Crippen molar-refractivity contribution < 1.29 is 27.5 Å². The van der Waals surface area contributed by atoms with E-state index in [2.05, 4.69) is 15.0 Å². The van der Waals surface area contributed by atoms with Crippen molar-refractivity contribution in [2.75, 3.05) is 6.54 Å². The number of benzene rings is 3. The summed E-state index contributed by atoms with van der Waals surface area (Å²) in [4.78, 5) is 44.7. The lowest BCUT2D eigenvalue weighted by molar-refractivity contribution is -0.157. The Morgan fingerprint density at radius 2 is 1.72 bits per heavy atom. The molecule has 0 spiro atoms. The monoisotopic (exact) mass is 757 g/mol. The second-order valence-electron chi connectivity index (χ2n) is 15.4. The number of pyridine rings is 1. The van der Waals surface area contributed by atoms with Crippen LogP contribution in [0.1, 0.15) is 92.1 Å². The van der Waals surface area contributed by atoms with Crippen molar-refractivity contribution in [2.24, 2.45) is 10.7 Å². The van der Waals surface area contributed by atoms with E-state index in [1.807, 2.05) is 63.2 Å². The molecule has 0 saturated carbocycles. The molecule has 3 aromatic carbocycles. The van der Waals surface area contributed by atoms with Crippen LogP contribution in [-0.2, 0) is 32.5 Å². The summed E-state index contributed by atoms with van der Waals surface area (Å²) >= 11 is 0. The van der Waals surface area contributed by atoms with Gasteiger partial charge >= 0.3 is 5.97 Å². The van der Waals surface area contributed by atoms with Crippen LogP contribution in [0.4, 0.5) is 0 Å². The van der Waals surface area contributed by atoms with Crippen molar-refractivity contribution in [1.29, 1.82) is 0 Å². The average molecular weight is 758 g/mol. The highest BCUT2D eigenvalue weighted by Gasteiger charge is 2.34. The Kier molecular flexibility index (Phi) is 11.6. The number of sulfonamides is 1. The van der Waals surface area contributed by atoms with E-state index >= 15 is 0 Å². The number of rotatable bonds is 11. The van der Waals surface area contributed by atoms with Crippen molar-refractivity contribution in [3.05, 3.63) is 105 Å². The first-order chi connectivity index (χ1) is 25.3. The summed E-state index contributed by atoms with van der Waals surface area (Å²) in [5.41, 5.74) is 7.98. The number of esters is 1. The molecule has 12 nitrogen and oxygen atoms in total. The molecule has 0 radical (unpaired) electrons. The summed E-state index contributed by atoms with van der Waals surface area (Å²) in [6, 6.07) is 15.6.